The Morgan fingerprint density at radius 3 is 2.50 bits per heavy atom. The topological polar surface area (TPSA) is 49.3 Å². The van der Waals surface area contributed by atoms with Crippen molar-refractivity contribution in [3.05, 3.63) is 35.4 Å². The fourth-order valence-corrected chi connectivity index (χ4v) is 2.45. The first-order valence-electron chi connectivity index (χ1n) is 7.57. The largest absolute Gasteiger partial charge is 0.391 e. The van der Waals surface area contributed by atoms with E-state index in [-0.39, 0.29) is 11.8 Å². The van der Waals surface area contributed by atoms with Crippen LogP contribution in [0.5, 0.6) is 0 Å². The van der Waals surface area contributed by atoms with Gasteiger partial charge >= 0.3 is 0 Å². The fraction of sp³-hybridized carbons (Fsp3) is 0.588. The molecule has 0 saturated carbocycles. The average Bonchev–Trinajstić information content (AvgIpc) is 2.45. The number of carbonyl (C=O) groups excluding carboxylic acids is 1. The molecule has 0 fully saturated rings. The zero-order chi connectivity index (χ0) is 15.0. The SMILES string of the molecule is CCC(CC)C(O)CNC(=O)CCc1ccccc1C. The molecule has 0 heterocycles. The fourth-order valence-electron chi connectivity index (χ4n) is 2.45. The molecule has 1 atom stereocenters. The van der Waals surface area contributed by atoms with Crippen molar-refractivity contribution in [3.63, 3.8) is 0 Å². The Bertz CT molecular complexity index is 413. The van der Waals surface area contributed by atoms with Gasteiger partial charge in [0.25, 0.3) is 0 Å². The lowest BCUT2D eigenvalue weighted by atomic mass is 9.96. The molecule has 112 valence electrons. The van der Waals surface area contributed by atoms with Crippen molar-refractivity contribution in [2.75, 3.05) is 6.54 Å². The third kappa shape index (κ3) is 5.33. The van der Waals surface area contributed by atoms with E-state index in [0.29, 0.717) is 13.0 Å². The third-order valence-corrected chi connectivity index (χ3v) is 3.98. The minimum absolute atomic E-state index is 0.0123. The van der Waals surface area contributed by atoms with Crippen LogP contribution in [-0.2, 0) is 11.2 Å². The summed E-state index contributed by atoms with van der Waals surface area (Å²) in [6.45, 7) is 6.55. The van der Waals surface area contributed by atoms with Crippen molar-refractivity contribution in [1.29, 1.82) is 0 Å². The summed E-state index contributed by atoms with van der Waals surface area (Å²) in [6, 6.07) is 8.12. The molecule has 20 heavy (non-hydrogen) atoms. The van der Waals surface area contributed by atoms with Crippen LogP contribution >= 0.6 is 0 Å². The van der Waals surface area contributed by atoms with E-state index in [2.05, 4.69) is 38.2 Å². The Hall–Kier alpha value is -1.35. The molecular formula is C17H27NO2. The molecule has 0 radical (unpaired) electrons. The maximum absolute atomic E-state index is 11.8. The first kappa shape index (κ1) is 16.7. The number of aliphatic hydroxyl groups is 1. The Labute approximate surface area is 122 Å². The maximum Gasteiger partial charge on any atom is 0.220 e. The lowest BCUT2D eigenvalue weighted by Crippen LogP contribution is -2.36. The molecule has 1 aromatic rings. The van der Waals surface area contributed by atoms with Gasteiger partial charge in [0.05, 0.1) is 6.10 Å². The highest BCUT2D eigenvalue weighted by molar-refractivity contribution is 5.76. The van der Waals surface area contributed by atoms with Gasteiger partial charge in [0.15, 0.2) is 0 Å². The van der Waals surface area contributed by atoms with E-state index in [1.54, 1.807) is 0 Å². The Kier molecular flexibility index (Phi) is 7.31. The Balaban J connectivity index is 2.32. The van der Waals surface area contributed by atoms with Gasteiger partial charge in [-0.2, -0.15) is 0 Å². The van der Waals surface area contributed by atoms with Gasteiger partial charge < -0.3 is 10.4 Å². The predicted molar refractivity (Wildman–Crippen MR) is 82.6 cm³/mol. The molecular weight excluding hydrogens is 250 g/mol. The summed E-state index contributed by atoms with van der Waals surface area (Å²) in [5.74, 6) is 0.282. The molecule has 0 aliphatic carbocycles. The summed E-state index contributed by atoms with van der Waals surface area (Å²) in [6.07, 6.45) is 2.67. The van der Waals surface area contributed by atoms with E-state index < -0.39 is 6.10 Å². The Morgan fingerprint density at radius 2 is 1.90 bits per heavy atom. The summed E-state index contributed by atoms with van der Waals surface area (Å²) in [4.78, 5) is 11.8. The van der Waals surface area contributed by atoms with Crippen LogP contribution in [0.15, 0.2) is 24.3 Å². The van der Waals surface area contributed by atoms with Crippen LogP contribution in [0.3, 0.4) is 0 Å². The predicted octanol–water partition coefficient (Wildman–Crippen LogP) is 2.84. The molecule has 1 aromatic carbocycles. The molecule has 0 aromatic heterocycles. The zero-order valence-electron chi connectivity index (χ0n) is 12.9. The van der Waals surface area contributed by atoms with Crippen molar-refractivity contribution < 1.29 is 9.90 Å². The van der Waals surface area contributed by atoms with Crippen molar-refractivity contribution in [1.82, 2.24) is 5.32 Å². The lowest BCUT2D eigenvalue weighted by molar-refractivity contribution is -0.121. The van der Waals surface area contributed by atoms with Gasteiger partial charge in [0.2, 0.25) is 5.91 Å². The molecule has 1 amide bonds. The molecule has 1 unspecified atom stereocenters. The number of rotatable bonds is 8. The van der Waals surface area contributed by atoms with Crippen LogP contribution in [0.4, 0.5) is 0 Å². The van der Waals surface area contributed by atoms with E-state index in [1.165, 1.54) is 11.1 Å². The highest BCUT2D eigenvalue weighted by Gasteiger charge is 2.16. The van der Waals surface area contributed by atoms with Crippen molar-refractivity contribution in [3.8, 4) is 0 Å². The van der Waals surface area contributed by atoms with Crippen LogP contribution in [0.2, 0.25) is 0 Å². The summed E-state index contributed by atoms with van der Waals surface area (Å²) >= 11 is 0. The molecule has 1 rings (SSSR count). The quantitative estimate of drug-likeness (QED) is 0.767. The first-order valence-corrected chi connectivity index (χ1v) is 7.57. The van der Waals surface area contributed by atoms with E-state index in [4.69, 9.17) is 0 Å². The average molecular weight is 277 g/mol. The highest BCUT2D eigenvalue weighted by atomic mass is 16.3. The molecule has 0 saturated heterocycles. The summed E-state index contributed by atoms with van der Waals surface area (Å²) < 4.78 is 0. The second-order valence-electron chi connectivity index (χ2n) is 5.37. The van der Waals surface area contributed by atoms with Gasteiger partial charge in [-0.25, -0.2) is 0 Å². The van der Waals surface area contributed by atoms with Crippen LogP contribution in [0.1, 0.15) is 44.2 Å². The third-order valence-electron chi connectivity index (χ3n) is 3.98. The van der Waals surface area contributed by atoms with Gasteiger partial charge in [-0.05, 0) is 30.4 Å². The van der Waals surface area contributed by atoms with Crippen LogP contribution in [0, 0.1) is 12.8 Å². The van der Waals surface area contributed by atoms with Gasteiger partial charge in [-0.1, -0.05) is 51.0 Å². The lowest BCUT2D eigenvalue weighted by Gasteiger charge is -2.20. The second kappa shape index (κ2) is 8.75. The summed E-state index contributed by atoms with van der Waals surface area (Å²) in [7, 11) is 0. The van der Waals surface area contributed by atoms with Crippen molar-refractivity contribution >= 4 is 5.91 Å². The highest BCUT2D eigenvalue weighted by Crippen LogP contribution is 2.12. The number of hydrogen-bond acceptors (Lipinski definition) is 2. The second-order valence-corrected chi connectivity index (χ2v) is 5.37. The molecule has 0 bridgehead atoms. The van der Waals surface area contributed by atoms with E-state index >= 15 is 0 Å². The van der Waals surface area contributed by atoms with Crippen LogP contribution < -0.4 is 5.32 Å². The number of carbonyl (C=O) groups is 1. The first-order chi connectivity index (χ1) is 9.58. The van der Waals surface area contributed by atoms with Gasteiger partial charge in [-0.3, -0.25) is 4.79 Å². The van der Waals surface area contributed by atoms with Crippen molar-refractivity contribution in [2.45, 2.75) is 52.6 Å². The number of amides is 1. The van der Waals surface area contributed by atoms with E-state index in [1.807, 2.05) is 12.1 Å². The molecule has 2 N–H and O–H groups in total. The normalized spacial score (nSPS) is 12.4. The summed E-state index contributed by atoms with van der Waals surface area (Å²) in [5.41, 5.74) is 2.43. The van der Waals surface area contributed by atoms with Gasteiger partial charge in [0.1, 0.15) is 0 Å². The number of hydrogen-bond donors (Lipinski definition) is 2. The smallest absolute Gasteiger partial charge is 0.220 e. The zero-order valence-corrected chi connectivity index (χ0v) is 12.9. The molecule has 0 aliphatic heterocycles. The molecule has 3 heteroatoms. The number of benzene rings is 1. The monoisotopic (exact) mass is 277 g/mol. The van der Waals surface area contributed by atoms with E-state index in [0.717, 1.165) is 19.3 Å². The molecule has 0 aliphatic rings. The van der Waals surface area contributed by atoms with Crippen molar-refractivity contribution in [2.24, 2.45) is 5.92 Å². The maximum atomic E-state index is 11.8. The minimum Gasteiger partial charge on any atom is -0.391 e. The van der Waals surface area contributed by atoms with Gasteiger partial charge in [-0.15, -0.1) is 0 Å². The van der Waals surface area contributed by atoms with Crippen LogP contribution in [-0.4, -0.2) is 23.7 Å². The molecule has 3 nitrogen and oxygen atoms in total. The van der Waals surface area contributed by atoms with Gasteiger partial charge in [0, 0.05) is 13.0 Å². The van der Waals surface area contributed by atoms with Crippen LogP contribution in [0.25, 0.3) is 0 Å². The molecule has 0 spiro atoms. The number of aliphatic hydroxyl groups excluding tert-OH is 1. The number of aryl methyl sites for hydroxylation is 2. The Morgan fingerprint density at radius 1 is 1.25 bits per heavy atom. The standard InChI is InChI=1S/C17H27NO2/c1-4-14(5-2)16(19)12-18-17(20)11-10-15-9-7-6-8-13(15)3/h6-9,14,16,19H,4-5,10-12H2,1-3H3,(H,18,20). The minimum atomic E-state index is -0.438. The number of nitrogens with one attached hydrogen (secondary N) is 1. The summed E-state index contributed by atoms with van der Waals surface area (Å²) in [5, 5.41) is 12.8. The van der Waals surface area contributed by atoms with E-state index in [9.17, 15) is 9.90 Å².